The van der Waals surface area contributed by atoms with E-state index in [1.807, 2.05) is 44.0 Å². The van der Waals surface area contributed by atoms with Crippen molar-refractivity contribution in [1.82, 2.24) is 9.88 Å². The highest BCUT2D eigenvalue weighted by molar-refractivity contribution is 7.14. The normalized spacial score (nSPS) is 11.0. The summed E-state index contributed by atoms with van der Waals surface area (Å²) in [5.41, 5.74) is 5.23. The van der Waals surface area contributed by atoms with Gasteiger partial charge in [0.2, 0.25) is 5.91 Å². The van der Waals surface area contributed by atoms with Gasteiger partial charge in [0.1, 0.15) is 5.01 Å². The average Bonchev–Trinajstić information content (AvgIpc) is 3.22. The molecule has 0 spiro atoms. The Kier molecular flexibility index (Phi) is 5.63. The van der Waals surface area contributed by atoms with E-state index >= 15 is 0 Å². The Labute approximate surface area is 156 Å². The maximum Gasteiger partial charge on any atom is 0.238 e. The molecule has 6 heteroatoms. The summed E-state index contributed by atoms with van der Waals surface area (Å²) in [7, 11) is 1.94. The molecule has 0 aliphatic carbocycles. The summed E-state index contributed by atoms with van der Waals surface area (Å²) in [6.07, 6.45) is 0. The van der Waals surface area contributed by atoms with Crippen molar-refractivity contribution in [2.24, 2.45) is 0 Å². The highest BCUT2D eigenvalue weighted by Crippen LogP contribution is 2.26. The number of carbonyl (C=O) groups excluding carboxylic acids is 1. The number of thiophene rings is 1. The summed E-state index contributed by atoms with van der Waals surface area (Å²) in [5, 5.41) is 10.3. The number of likely N-dealkylation sites (N-methyl/N-ethyl adjacent to an activating group) is 1. The fourth-order valence-electron chi connectivity index (χ4n) is 2.67. The first-order valence-electron chi connectivity index (χ1n) is 8.04. The van der Waals surface area contributed by atoms with Crippen LogP contribution in [0.4, 0.5) is 5.69 Å². The van der Waals surface area contributed by atoms with Gasteiger partial charge in [-0.15, -0.1) is 11.3 Å². The number of nitrogens with zero attached hydrogens (tertiary/aromatic N) is 2. The second-order valence-electron chi connectivity index (χ2n) is 6.14. The van der Waals surface area contributed by atoms with Crippen LogP contribution in [-0.4, -0.2) is 29.4 Å². The third-order valence-electron chi connectivity index (χ3n) is 3.91. The molecule has 130 valence electrons. The lowest BCUT2D eigenvalue weighted by Crippen LogP contribution is -2.30. The maximum absolute atomic E-state index is 12.3. The van der Waals surface area contributed by atoms with Crippen LogP contribution in [0, 0.1) is 13.8 Å². The van der Waals surface area contributed by atoms with Crippen LogP contribution in [-0.2, 0) is 11.3 Å². The summed E-state index contributed by atoms with van der Waals surface area (Å²) in [6, 6.07) is 8.09. The summed E-state index contributed by atoms with van der Waals surface area (Å²) in [4.78, 5) is 19.0. The third-order valence-corrected chi connectivity index (χ3v) is 5.53. The molecule has 0 saturated carbocycles. The number of benzene rings is 1. The average molecular weight is 372 g/mol. The van der Waals surface area contributed by atoms with Crippen LogP contribution in [0.3, 0.4) is 0 Å². The summed E-state index contributed by atoms with van der Waals surface area (Å²) in [6.45, 7) is 5.00. The molecule has 0 radical (unpaired) electrons. The van der Waals surface area contributed by atoms with Gasteiger partial charge in [-0.2, -0.15) is 11.3 Å². The number of hydrogen-bond acceptors (Lipinski definition) is 5. The van der Waals surface area contributed by atoms with E-state index in [4.69, 9.17) is 0 Å². The lowest BCUT2D eigenvalue weighted by atomic mass is 10.1. The van der Waals surface area contributed by atoms with Crippen LogP contribution < -0.4 is 5.32 Å². The van der Waals surface area contributed by atoms with Crippen LogP contribution >= 0.6 is 22.7 Å². The van der Waals surface area contributed by atoms with Crippen molar-refractivity contribution in [1.29, 1.82) is 0 Å². The number of para-hydroxylation sites is 1. The fourth-order valence-corrected chi connectivity index (χ4v) is 4.19. The van der Waals surface area contributed by atoms with Gasteiger partial charge in [-0.3, -0.25) is 9.69 Å². The van der Waals surface area contributed by atoms with E-state index in [2.05, 4.69) is 32.5 Å². The Morgan fingerprint density at radius 1 is 1.20 bits per heavy atom. The lowest BCUT2D eigenvalue weighted by Gasteiger charge is -2.16. The Hall–Kier alpha value is -2.02. The predicted molar refractivity (Wildman–Crippen MR) is 106 cm³/mol. The SMILES string of the molecule is Cc1cccc(C)c1NC(=O)CN(C)Cc1csc(-c2ccsc2)n1. The van der Waals surface area contributed by atoms with E-state index in [0.29, 0.717) is 13.1 Å². The molecular formula is C19H21N3OS2. The Balaban J connectivity index is 1.57. The monoisotopic (exact) mass is 371 g/mol. The molecule has 1 amide bonds. The Bertz CT molecular complexity index is 835. The van der Waals surface area contributed by atoms with Crippen molar-refractivity contribution in [2.45, 2.75) is 20.4 Å². The number of anilines is 1. The topological polar surface area (TPSA) is 45.2 Å². The van der Waals surface area contributed by atoms with Gasteiger partial charge in [0.05, 0.1) is 12.2 Å². The van der Waals surface area contributed by atoms with Crippen molar-refractivity contribution in [3.05, 3.63) is 57.2 Å². The van der Waals surface area contributed by atoms with Gasteiger partial charge in [0.25, 0.3) is 0 Å². The minimum Gasteiger partial charge on any atom is -0.324 e. The number of thiazole rings is 1. The minimum atomic E-state index is -0.00631. The molecule has 0 aliphatic rings. The molecule has 0 aliphatic heterocycles. The molecule has 2 heterocycles. The number of nitrogens with one attached hydrogen (secondary N) is 1. The van der Waals surface area contributed by atoms with Crippen molar-refractivity contribution in [2.75, 3.05) is 18.9 Å². The van der Waals surface area contributed by atoms with E-state index in [1.54, 1.807) is 22.7 Å². The zero-order valence-electron chi connectivity index (χ0n) is 14.6. The molecule has 0 fully saturated rings. The number of aryl methyl sites for hydroxylation is 2. The maximum atomic E-state index is 12.3. The van der Waals surface area contributed by atoms with E-state index in [0.717, 1.165) is 33.1 Å². The molecule has 3 rings (SSSR count). The molecule has 0 bridgehead atoms. The van der Waals surface area contributed by atoms with Crippen molar-refractivity contribution >= 4 is 34.3 Å². The number of amides is 1. The second kappa shape index (κ2) is 7.91. The highest BCUT2D eigenvalue weighted by Gasteiger charge is 2.12. The molecule has 0 unspecified atom stereocenters. The van der Waals surface area contributed by atoms with Crippen LogP contribution in [0.1, 0.15) is 16.8 Å². The van der Waals surface area contributed by atoms with E-state index in [9.17, 15) is 4.79 Å². The largest absolute Gasteiger partial charge is 0.324 e. The molecule has 1 aromatic carbocycles. The number of aromatic nitrogens is 1. The van der Waals surface area contributed by atoms with Gasteiger partial charge < -0.3 is 5.32 Å². The minimum absolute atomic E-state index is 0.00631. The third kappa shape index (κ3) is 4.54. The van der Waals surface area contributed by atoms with Gasteiger partial charge in [0, 0.05) is 28.6 Å². The summed E-state index contributed by atoms with van der Waals surface area (Å²) in [5.74, 6) is -0.00631. The zero-order chi connectivity index (χ0) is 17.8. The van der Waals surface area contributed by atoms with Gasteiger partial charge in [0.15, 0.2) is 0 Å². The second-order valence-corrected chi connectivity index (χ2v) is 7.78. The first-order chi connectivity index (χ1) is 12.0. The van der Waals surface area contributed by atoms with Gasteiger partial charge in [-0.05, 0) is 43.5 Å². The number of hydrogen-bond donors (Lipinski definition) is 1. The van der Waals surface area contributed by atoms with Crippen LogP contribution in [0.5, 0.6) is 0 Å². The first kappa shape index (κ1) is 17.8. The standard InChI is InChI=1S/C19H21N3OS2/c1-13-5-4-6-14(2)18(13)21-17(23)10-22(3)9-16-12-25-19(20-16)15-7-8-24-11-15/h4-8,11-12H,9-10H2,1-3H3,(H,21,23). The number of carbonyl (C=O) groups is 1. The quantitative estimate of drug-likeness (QED) is 0.691. The number of rotatable bonds is 6. The van der Waals surface area contributed by atoms with Gasteiger partial charge >= 0.3 is 0 Å². The van der Waals surface area contributed by atoms with Crippen LogP contribution in [0.25, 0.3) is 10.6 Å². The highest BCUT2D eigenvalue weighted by atomic mass is 32.1. The van der Waals surface area contributed by atoms with E-state index in [1.165, 1.54) is 0 Å². The van der Waals surface area contributed by atoms with E-state index in [-0.39, 0.29) is 5.91 Å². The molecular weight excluding hydrogens is 350 g/mol. The molecule has 1 N–H and O–H groups in total. The molecule has 4 nitrogen and oxygen atoms in total. The van der Waals surface area contributed by atoms with Crippen LogP contribution in [0.15, 0.2) is 40.4 Å². The molecule has 0 saturated heterocycles. The van der Waals surface area contributed by atoms with Crippen molar-refractivity contribution < 1.29 is 4.79 Å². The Morgan fingerprint density at radius 3 is 2.64 bits per heavy atom. The van der Waals surface area contributed by atoms with E-state index < -0.39 is 0 Å². The van der Waals surface area contributed by atoms with Gasteiger partial charge in [-0.1, -0.05) is 18.2 Å². The smallest absolute Gasteiger partial charge is 0.238 e. The van der Waals surface area contributed by atoms with Gasteiger partial charge in [-0.25, -0.2) is 4.98 Å². The van der Waals surface area contributed by atoms with Crippen molar-refractivity contribution in [3.63, 3.8) is 0 Å². The molecule has 0 atom stereocenters. The fraction of sp³-hybridized carbons (Fsp3) is 0.263. The zero-order valence-corrected chi connectivity index (χ0v) is 16.2. The summed E-state index contributed by atoms with van der Waals surface area (Å²) >= 11 is 3.32. The summed E-state index contributed by atoms with van der Waals surface area (Å²) < 4.78 is 0. The first-order valence-corrected chi connectivity index (χ1v) is 9.87. The Morgan fingerprint density at radius 2 is 1.96 bits per heavy atom. The molecule has 25 heavy (non-hydrogen) atoms. The van der Waals surface area contributed by atoms with Crippen LogP contribution in [0.2, 0.25) is 0 Å². The van der Waals surface area contributed by atoms with Crippen molar-refractivity contribution in [3.8, 4) is 10.6 Å². The molecule has 2 aromatic heterocycles. The predicted octanol–water partition coefficient (Wildman–Crippen LogP) is 4.56. The molecule has 3 aromatic rings. The lowest BCUT2D eigenvalue weighted by molar-refractivity contribution is -0.117.